The first kappa shape index (κ1) is 25.2. The number of rotatable bonds is 8. The molecule has 3 heterocycles. The van der Waals surface area contributed by atoms with E-state index in [1.54, 1.807) is 26.8 Å². The van der Waals surface area contributed by atoms with E-state index >= 15 is 4.39 Å². The maximum Gasteiger partial charge on any atom is 0.264 e. The van der Waals surface area contributed by atoms with Gasteiger partial charge in [-0.2, -0.15) is 4.98 Å². The molecule has 1 saturated carbocycles. The van der Waals surface area contributed by atoms with Gasteiger partial charge in [0.2, 0.25) is 5.88 Å². The molecule has 9 nitrogen and oxygen atoms in total. The van der Waals surface area contributed by atoms with Crippen LogP contribution in [0.5, 0.6) is 5.88 Å². The number of halogens is 3. The Kier molecular flexibility index (Phi) is 6.21. The molecular weight excluding hydrogens is 509 g/mol. The Morgan fingerprint density at radius 1 is 1.30 bits per heavy atom. The summed E-state index contributed by atoms with van der Waals surface area (Å²) < 4.78 is 52.1. The van der Waals surface area contributed by atoms with Crippen LogP contribution in [-0.4, -0.2) is 42.2 Å². The van der Waals surface area contributed by atoms with Crippen molar-refractivity contribution >= 4 is 22.7 Å². The number of hydrogen-bond donors (Lipinski definition) is 1. The van der Waals surface area contributed by atoms with Gasteiger partial charge in [-0.25, -0.2) is 23.1 Å². The first-order chi connectivity index (χ1) is 17.5. The van der Waals surface area contributed by atoms with Gasteiger partial charge in [0.25, 0.3) is 12.3 Å². The number of Topliss-reactive ketones (excluding diaryl/α,β-unsaturated/α-hetero) is 1. The summed E-state index contributed by atoms with van der Waals surface area (Å²) in [5, 5.41) is 3.66. The highest BCUT2D eigenvalue weighted by Gasteiger charge is 2.71. The molecule has 0 amide bonds. The van der Waals surface area contributed by atoms with Crippen molar-refractivity contribution < 1.29 is 27.2 Å². The van der Waals surface area contributed by atoms with E-state index in [1.807, 2.05) is 0 Å². The Hall–Kier alpha value is -3.48. The molecule has 2 aliphatic rings. The molecule has 0 bridgehead atoms. The number of amidine groups is 1. The van der Waals surface area contributed by atoms with Gasteiger partial charge in [-0.3, -0.25) is 9.79 Å². The Labute approximate surface area is 214 Å². The van der Waals surface area contributed by atoms with Crippen LogP contribution < -0.4 is 10.5 Å². The van der Waals surface area contributed by atoms with Crippen molar-refractivity contribution in [3.05, 3.63) is 64.4 Å². The van der Waals surface area contributed by atoms with E-state index in [0.29, 0.717) is 11.4 Å². The molecule has 3 atom stereocenters. The predicted octanol–water partition coefficient (Wildman–Crippen LogP) is 3.92. The van der Waals surface area contributed by atoms with E-state index < -0.39 is 28.4 Å². The SMILES string of the molecule is Cc1noc(COc2cnc(C(=O)Cc3cc(C)c(F)c([C@@]4(C)N=C(N)S[C@@]5(C(F)F)C[C@@H]45)c3)cn2)n1. The van der Waals surface area contributed by atoms with Crippen molar-refractivity contribution in [3.63, 3.8) is 0 Å². The first-order valence-corrected chi connectivity index (χ1v) is 12.2. The second-order valence-electron chi connectivity index (χ2n) is 9.35. The summed E-state index contributed by atoms with van der Waals surface area (Å²) in [6.07, 6.45) is 0.0334. The number of alkyl halides is 2. The quantitative estimate of drug-likeness (QED) is 0.429. The van der Waals surface area contributed by atoms with Gasteiger partial charge in [-0.05, 0) is 44.4 Å². The number of aliphatic imine (C=N–C) groups is 1. The lowest BCUT2D eigenvalue weighted by atomic mass is 9.83. The molecule has 1 aromatic carbocycles. The van der Waals surface area contributed by atoms with Crippen molar-refractivity contribution in [3.8, 4) is 5.88 Å². The van der Waals surface area contributed by atoms with Crippen molar-refractivity contribution in [1.29, 1.82) is 0 Å². The van der Waals surface area contributed by atoms with E-state index in [-0.39, 0.29) is 59.0 Å². The van der Waals surface area contributed by atoms with Gasteiger partial charge < -0.3 is 15.0 Å². The van der Waals surface area contributed by atoms with Crippen molar-refractivity contribution in [1.82, 2.24) is 20.1 Å². The van der Waals surface area contributed by atoms with Crippen LogP contribution in [0.3, 0.4) is 0 Å². The fourth-order valence-electron chi connectivity index (χ4n) is 4.77. The van der Waals surface area contributed by atoms with Crippen LogP contribution in [-0.2, 0) is 18.6 Å². The molecule has 5 rings (SSSR count). The van der Waals surface area contributed by atoms with Crippen LogP contribution >= 0.6 is 11.8 Å². The highest BCUT2D eigenvalue weighted by atomic mass is 32.2. The molecule has 194 valence electrons. The maximum absolute atomic E-state index is 15.3. The Balaban J connectivity index is 1.34. The van der Waals surface area contributed by atoms with E-state index in [0.717, 1.165) is 11.8 Å². The summed E-state index contributed by atoms with van der Waals surface area (Å²) in [6.45, 7) is 4.86. The van der Waals surface area contributed by atoms with Crippen LogP contribution in [0.2, 0.25) is 0 Å². The van der Waals surface area contributed by atoms with Crippen LogP contribution in [0.1, 0.15) is 52.2 Å². The number of carbonyl (C=O) groups excluding carboxylic acids is 1. The number of aryl methyl sites for hydroxylation is 2. The molecule has 0 radical (unpaired) electrons. The van der Waals surface area contributed by atoms with Crippen LogP contribution in [0, 0.1) is 25.6 Å². The highest BCUT2D eigenvalue weighted by Crippen LogP contribution is 2.68. The molecule has 13 heteroatoms. The fraction of sp³-hybridized carbons (Fsp3) is 0.417. The molecule has 0 unspecified atom stereocenters. The van der Waals surface area contributed by atoms with Crippen LogP contribution in [0.4, 0.5) is 13.2 Å². The second-order valence-corrected chi connectivity index (χ2v) is 10.7. The second kappa shape index (κ2) is 9.12. The lowest BCUT2D eigenvalue weighted by molar-refractivity contribution is 0.0987. The normalized spacial score (nSPS) is 24.5. The van der Waals surface area contributed by atoms with Gasteiger partial charge in [-0.15, -0.1) is 0 Å². The summed E-state index contributed by atoms with van der Waals surface area (Å²) in [7, 11) is 0. The number of fused-ring (bicyclic) bond motifs is 1. The third-order valence-electron chi connectivity index (χ3n) is 6.69. The first-order valence-electron chi connectivity index (χ1n) is 11.4. The number of carbonyl (C=O) groups is 1. The number of hydrogen-bond acceptors (Lipinski definition) is 10. The predicted molar refractivity (Wildman–Crippen MR) is 128 cm³/mol. The number of benzene rings is 1. The standard InChI is InChI=1S/C24H23F3N6O3S/c1-11-4-13(5-14(20(11)25)23(3)17-7-24(17,21(26)27)37-22(28)32-23)6-16(34)15-8-30-18(9-29-15)35-10-19-31-12(2)33-36-19/h4-5,8-9,17,21H,6-7,10H2,1-3H3,(H2,28,32)/t17-,23+,24-/m0/s1. The number of nitrogens with zero attached hydrogens (tertiary/aromatic N) is 5. The van der Waals surface area contributed by atoms with E-state index in [1.165, 1.54) is 18.5 Å². The Morgan fingerprint density at radius 3 is 2.73 bits per heavy atom. The summed E-state index contributed by atoms with van der Waals surface area (Å²) in [5.74, 6) is -0.569. The van der Waals surface area contributed by atoms with E-state index in [2.05, 4.69) is 25.1 Å². The van der Waals surface area contributed by atoms with Crippen molar-refractivity contribution in [2.45, 2.75) is 56.9 Å². The molecular formula is C24H23F3N6O3S. The zero-order valence-corrected chi connectivity index (χ0v) is 21.0. The summed E-state index contributed by atoms with van der Waals surface area (Å²) in [5.41, 5.74) is 5.66. The molecule has 3 aromatic rings. The zero-order chi connectivity index (χ0) is 26.5. The van der Waals surface area contributed by atoms with Gasteiger partial charge >= 0.3 is 0 Å². The summed E-state index contributed by atoms with van der Waals surface area (Å²) >= 11 is 0.858. The Bertz CT molecular complexity index is 1400. The van der Waals surface area contributed by atoms with Gasteiger partial charge in [0, 0.05) is 17.9 Å². The lowest BCUT2D eigenvalue weighted by Gasteiger charge is -2.34. The largest absolute Gasteiger partial charge is 0.466 e. The van der Waals surface area contributed by atoms with Gasteiger partial charge in [0.1, 0.15) is 11.5 Å². The van der Waals surface area contributed by atoms with Gasteiger partial charge in [0.15, 0.2) is 23.4 Å². The minimum atomic E-state index is -2.62. The van der Waals surface area contributed by atoms with Gasteiger partial charge in [0.05, 0.1) is 22.7 Å². The third kappa shape index (κ3) is 4.56. The molecule has 2 aromatic heterocycles. The number of aromatic nitrogens is 4. The number of ether oxygens (including phenoxy) is 1. The summed E-state index contributed by atoms with van der Waals surface area (Å²) in [4.78, 5) is 29.5. The minimum absolute atomic E-state index is 0.00143. The summed E-state index contributed by atoms with van der Waals surface area (Å²) in [6, 6.07) is 3.06. The number of ketones is 1. The molecule has 0 spiro atoms. The van der Waals surface area contributed by atoms with Crippen molar-refractivity contribution in [2.75, 3.05) is 0 Å². The van der Waals surface area contributed by atoms with Crippen molar-refractivity contribution in [2.24, 2.45) is 16.6 Å². The molecule has 2 N–H and O–H groups in total. The monoisotopic (exact) mass is 532 g/mol. The highest BCUT2D eigenvalue weighted by molar-refractivity contribution is 8.15. The van der Waals surface area contributed by atoms with Gasteiger partial charge in [-0.1, -0.05) is 23.0 Å². The molecule has 1 aliphatic heterocycles. The number of thioether (sulfide) groups is 1. The molecule has 37 heavy (non-hydrogen) atoms. The topological polar surface area (TPSA) is 129 Å². The molecule has 1 aliphatic carbocycles. The minimum Gasteiger partial charge on any atom is -0.466 e. The average molecular weight is 533 g/mol. The fourth-order valence-corrected chi connectivity index (χ4v) is 6.10. The van der Waals surface area contributed by atoms with E-state index in [9.17, 15) is 13.6 Å². The van der Waals surface area contributed by atoms with Crippen LogP contribution in [0.15, 0.2) is 34.0 Å². The Morgan fingerprint density at radius 2 is 2.08 bits per heavy atom. The smallest absolute Gasteiger partial charge is 0.264 e. The van der Waals surface area contributed by atoms with Crippen LogP contribution in [0.25, 0.3) is 0 Å². The van der Waals surface area contributed by atoms with E-state index in [4.69, 9.17) is 15.0 Å². The number of nitrogens with two attached hydrogens (primary N) is 1. The molecule has 0 saturated heterocycles. The third-order valence-corrected chi connectivity index (χ3v) is 8.00. The lowest BCUT2D eigenvalue weighted by Crippen LogP contribution is -2.39. The molecule has 1 fully saturated rings. The zero-order valence-electron chi connectivity index (χ0n) is 20.2. The average Bonchev–Trinajstić information content (AvgIpc) is 3.47. The maximum atomic E-state index is 15.3.